The molecule has 0 aliphatic heterocycles. The van der Waals surface area contributed by atoms with E-state index in [2.05, 4.69) is 9.97 Å². The number of nitrogens with two attached hydrogens (primary N) is 1. The molecule has 0 saturated carbocycles. The molecule has 0 amide bonds. The lowest BCUT2D eigenvalue weighted by Gasteiger charge is -2.04. The van der Waals surface area contributed by atoms with Gasteiger partial charge in [0.1, 0.15) is 11.6 Å². The molecular weight excluding hydrogens is 236 g/mol. The molecule has 2 N–H and O–H groups in total. The molecular formula is C11H10N4O3. The van der Waals surface area contributed by atoms with Crippen LogP contribution in [0.2, 0.25) is 0 Å². The van der Waals surface area contributed by atoms with Crippen molar-refractivity contribution >= 4 is 11.5 Å². The SMILES string of the molecule is COc1cncc(-c2cc([N+](=O)[O-])cc(N)n2)c1. The fraction of sp³-hybridized carbons (Fsp3) is 0.0909. The van der Waals surface area contributed by atoms with E-state index in [-0.39, 0.29) is 11.5 Å². The monoisotopic (exact) mass is 246 g/mol. The van der Waals surface area contributed by atoms with Crippen LogP contribution < -0.4 is 10.5 Å². The average molecular weight is 246 g/mol. The van der Waals surface area contributed by atoms with Crippen molar-refractivity contribution in [2.75, 3.05) is 12.8 Å². The highest BCUT2D eigenvalue weighted by Gasteiger charge is 2.11. The first kappa shape index (κ1) is 11.8. The second-order valence-corrected chi connectivity index (χ2v) is 3.51. The van der Waals surface area contributed by atoms with Crippen molar-refractivity contribution in [3.8, 4) is 17.0 Å². The molecule has 18 heavy (non-hydrogen) atoms. The number of anilines is 1. The van der Waals surface area contributed by atoms with Crippen molar-refractivity contribution in [1.29, 1.82) is 0 Å². The summed E-state index contributed by atoms with van der Waals surface area (Å²) in [6.45, 7) is 0. The highest BCUT2D eigenvalue weighted by molar-refractivity contribution is 5.65. The molecule has 0 aliphatic rings. The molecule has 2 heterocycles. The second-order valence-electron chi connectivity index (χ2n) is 3.51. The van der Waals surface area contributed by atoms with Gasteiger partial charge in [0.25, 0.3) is 5.69 Å². The third-order valence-electron chi connectivity index (χ3n) is 2.29. The minimum Gasteiger partial charge on any atom is -0.495 e. The van der Waals surface area contributed by atoms with Gasteiger partial charge >= 0.3 is 0 Å². The zero-order valence-electron chi connectivity index (χ0n) is 9.53. The molecule has 0 aliphatic carbocycles. The van der Waals surface area contributed by atoms with E-state index in [4.69, 9.17) is 10.5 Å². The minimum atomic E-state index is -0.519. The van der Waals surface area contributed by atoms with Gasteiger partial charge < -0.3 is 10.5 Å². The Bertz CT molecular complexity index is 601. The van der Waals surface area contributed by atoms with Crippen LogP contribution >= 0.6 is 0 Å². The Labute approximate surface area is 102 Å². The maximum Gasteiger partial charge on any atom is 0.275 e. The molecule has 2 rings (SSSR count). The summed E-state index contributed by atoms with van der Waals surface area (Å²) in [5.74, 6) is 0.626. The standard InChI is InChI=1S/C11H10N4O3/c1-18-9-2-7(5-13-6-9)10-3-8(15(16)17)4-11(12)14-10/h2-6H,1H3,(H2,12,14). The third-order valence-corrected chi connectivity index (χ3v) is 2.29. The number of nitrogen functional groups attached to an aromatic ring is 1. The van der Waals surface area contributed by atoms with Crippen molar-refractivity contribution in [2.45, 2.75) is 0 Å². The number of methoxy groups -OCH3 is 1. The molecule has 7 nitrogen and oxygen atoms in total. The summed E-state index contributed by atoms with van der Waals surface area (Å²) in [6.07, 6.45) is 3.07. The smallest absolute Gasteiger partial charge is 0.275 e. The molecule has 0 spiro atoms. The molecule has 0 aromatic carbocycles. The Kier molecular flexibility index (Phi) is 3.05. The van der Waals surface area contributed by atoms with Crippen molar-refractivity contribution in [3.05, 3.63) is 40.7 Å². The molecule has 0 saturated heterocycles. The van der Waals surface area contributed by atoms with Crippen LogP contribution in [0.3, 0.4) is 0 Å². The summed E-state index contributed by atoms with van der Waals surface area (Å²) in [5, 5.41) is 10.7. The number of rotatable bonds is 3. The van der Waals surface area contributed by atoms with Gasteiger partial charge in [0, 0.05) is 17.8 Å². The van der Waals surface area contributed by atoms with Gasteiger partial charge in [0.15, 0.2) is 0 Å². The Hall–Kier alpha value is -2.70. The first-order valence-corrected chi connectivity index (χ1v) is 5.01. The highest BCUT2D eigenvalue weighted by atomic mass is 16.6. The Morgan fingerprint density at radius 2 is 2.11 bits per heavy atom. The molecule has 2 aromatic heterocycles. The topological polar surface area (TPSA) is 104 Å². The van der Waals surface area contributed by atoms with Gasteiger partial charge in [-0.3, -0.25) is 15.1 Å². The summed E-state index contributed by atoms with van der Waals surface area (Å²) in [6, 6.07) is 4.22. The van der Waals surface area contributed by atoms with Gasteiger partial charge in [-0.1, -0.05) is 0 Å². The molecule has 0 atom stereocenters. The van der Waals surface area contributed by atoms with E-state index in [0.29, 0.717) is 17.0 Å². The van der Waals surface area contributed by atoms with E-state index in [1.54, 1.807) is 6.07 Å². The van der Waals surface area contributed by atoms with Crippen molar-refractivity contribution < 1.29 is 9.66 Å². The van der Waals surface area contributed by atoms with Crippen molar-refractivity contribution in [1.82, 2.24) is 9.97 Å². The van der Waals surface area contributed by atoms with Crippen LogP contribution in [0.5, 0.6) is 5.75 Å². The van der Waals surface area contributed by atoms with Gasteiger partial charge in [-0.25, -0.2) is 4.98 Å². The number of ether oxygens (including phenoxy) is 1. The summed E-state index contributed by atoms with van der Waals surface area (Å²) >= 11 is 0. The van der Waals surface area contributed by atoms with Crippen LogP contribution in [0.1, 0.15) is 0 Å². The van der Waals surface area contributed by atoms with Crippen molar-refractivity contribution in [3.63, 3.8) is 0 Å². The van der Waals surface area contributed by atoms with Gasteiger partial charge in [-0.2, -0.15) is 0 Å². The number of hydrogen-bond acceptors (Lipinski definition) is 6. The molecule has 7 heteroatoms. The van der Waals surface area contributed by atoms with Crippen LogP contribution in [0.15, 0.2) is 30.6 Å². The predicted molar refractivity (Wildman–Crippen MR) is 65.1 cm³/mol. The largest absolute Gasteiger partial charge is 0.495 e. The lowest BCUT2D eigenvalue weighted by Crippen LogP contribution is -1.97. The zero-order valence-corrected chi connectivity index (χ0v) is 9.53. The quantitative estimate of drug-likeness (QED) is 0.652. The Balaban J connectivity index is 2.52. The van der Waals surface area contributed by atoms with Crippen LogP contribution in [-0.4, -0.2) is 22.0 Å². The molecule has 0 unspecified atom stereocenters. The number of pyridine rings is 2. The Morgan fingerprint density at radius 1 is 1.33 bits per heavy atom. The molecule has 0 fully saturated rings. The summed E-state index contributed by atoms with van der Waals surface area (Å²) in [4.78, 5) is 18.2. The first-order valence-electron chi connectivity index (χ1n) is 5.01. The van der Waals surface area contributed by atoms with Crippen LogP contribution in [0, 0.1) is 10.1 Å². The van der Waals surface area contributed by atoms with Gasteiger partial charge in [-0.05, 0) is 6.07 Å². The predicted octanol–water partition coefficient (Wildman–Crippen LogP) is 1.64. The second kappa shape index (κ2) is 4.66. The van der Waals surface area contributed by atoms with E-state index < -0.39 is 4.92 Å². The minimum absolute atomic E-state index is 0.0852. The fourth-order valence-corrected chi connectivity index (χ4v) is 1.46. The van der Waals surface area contributed by atoms with E-state index in [1.165, 1.54) is 31.6 Å². The van der Waals surface area contributed by atoms with Crippen LogP contribution in [0.25, 0.3) is 11.3 Å². The number of nitro groups is 1. The molecule has 0 radical (unpaired) electrons. The van der Waals surface area contributed by atoms with Gasteiger partial charge in [-0.15, -0.1) is 0 Å². The first-order chi connectivity index (χ1) is 8.60. The lowest BCUT2D eigenvalue weighted by molar-refractivity contribution is -0.384. The average Bonchev–Trinajstić information content (AvgIpc) is 2.38. The van der Waals surface area contributed by atoms with Gasteiger partial charge in [0.2, 0.25) is 0 Å². The number of nitrogens with zero attached hydrogens (tertiary/aromatic N) is 3. The number of aromatic nitrogens is 2. The van der Waals surface area contributed by atoms with Gasteiger partial charge in [0.05, 0.1) is 30.0 Å². The molecule has 0 bridgehead atoms. The highest BCUT2D eigenvalue weighted by Crippen LogP contribution is 2.25. The zero-order chi connectivity index (χ0) is 13.1. The fourth-order valence-electron chi connectivity index (χ4n) is 1.46. The van der Waals surface area contributed by atoms with Crippen molar-refractivity contribution in [2.24, 2.45) is 0 Å². The summed E-state index contributed by atoms with van der Waals surface area (Å²) in [7, 11) is 1.51. The van der Waals surface area contributed by atoms with E-state index >= 15 is 0 Å². The maximum atomic E-state index is 10.7. The number of hydrogen-bond donors (Lipinski definition) is 1. The van der Waals surface area contributed by atoms with Crippen LogP contribution in [0.4, 0.5) is 11.5 Å². The summed E-state index contributed by atoms with van der Waals surface area (Å²) in [5.41, 5.74) is 6.41. The van der Waals surface area contributed by atoms with E-state index in [9.17, 15) is 10.1 Å². The van der Waals surface area contributed by atoms with E-state index in [0.717, 1.165) is 0 Å². The van der Waals surface area contributed by atoms with Crippen LogP contribution in [-0.2, 0) is 0 Å². The Morgan fingerprint density at radius 3 is 2.78 bits per heavy atom. The summed E-state index contributed by atoms with van der Waals surface area (Å²) < 4.78 is 5.03. The molecule has 2 aromatic rings. The lowest BCUT2D eigenvalue weighted by atomic mass is 10.2. The maximum absolute atomic E-state index is 10.7. The van der Waals surface area contributed by atoms with E-state index in [1.807, 2.05) is 0 Å². The molecule has 92 valence electrons. The third kappa shape index (κ3) is 2.34. The normalized spacial score (nSPS) is 10.1.